The predicted octanol–water partition coefficient (Wildman–Crippen LogP) is 4.66. The first-order chi connectivity index (χ1) is 11.1. The number of carbonyl (C=O) groups is 1. The van der Waals surface area contributed by atoms with E-state index in [-0.39, 0.29) is 6.03 Å². The minimum atomic E-state index is -0.307. The van der Waals surface area contributed by atoms with Crippen molar-refractivity contribution in [3.63, 3.8) is 0 Å². The van der Waals surface area contributed by atoms with Crippen LogP contribution in [0.3, 0.4) is 0 Å². The molecular formula is C18H21ClN2O2. The number of halogens is 1. The van der Waals surface area contributed by atoms with Crippen molar-refractivity contribution < 1.29 is 9.53 Å². The monoisotopic (exact) mass is 332 g/mol. The van der Waals surface area contributed by atoms with Crippen LogP contribution in [-0.4, -0.2) is 19.2 Å². The Morgan fingerprint density at radius 2 is 1.83 bits per heavy atom. The van der Waals surface area contributed by atoms with Crippen LogP contribution in [0.25, 0.3) is 0 Å². The Bertz CT molecular complexity index is 659. The molecule has 0 saturated heterocycles. The summed E-state index contributed by atoms with van der Waals surface area (Å²) >= 11 is 5.99. The third-order valence-electron chi connectivity index (χ3n) is 3.31. The smallest absolute Gasteiger partial charge is 0.319 e. The molecule has 0 unspecified atom stereocenters. The Morgan fingerprint density at radius 3 is 2.57 bits per heavy atom. The number of hydrogen-bond acceptors (Lipinski definition) is 2. The van der Waals surface area contributed by atoms with Crippen LogP contribution in [0.4, 0.5) is 10.5 Å². The number of amides is 2. The lowest BCUT2D eigenvalue weighted by Crippen LogP contribution is -2.32. The number of nitrogens with one attached hydrogen (secondary N) is 2. The fourth-order valence-electron chi connectivity index (χ4n) is 2.14. The van der Waals surface area contributed by atoms with Crippen LogP contribution in [0.15, 0.2) is 48.5 Å². The van der Waals surface area contributed by atoms with Crippen molar-refractivity contribution in [1.82, 2.24) is 5.32 Å². The standard InChI is InChI=1S/C18H21ClN2O2/c1-13(2)14-7-3-6-10-17(14)23-12-11-20-18(22)21-16-9-5-4-8-15(16)19/h3-10,13H,11-12H2,1-2H3,(H2,20,21,22). The van der Waals surface area contributed by atoms with Gasteiger partial charge in [-0.1, -0.05) is 55.8 Å². The van der Waals surface area contributed by atoms with Gasteiger partial charge in [0.25, 0.3) is 0 Å². The Morgan fingerprint density at radius 1 is 1.13 bits per heavy atom. The summed E-state index contributed by atoms with van der Waals surface area (Å²) in [4.78, 5) is 11.8. The predicted molar refractivity (Wildman–Crippen MR) is 94.5 cm³/mol. The third-order valence-corrected chi connectivity index (χ3v) is 3.64. The highest BCUT2D eigenvalue weighted by molar-refractivity contribution is 6.33. The van der Waals surface area contributed by atoms with Crippen molar-refractivity contribution in [3.05, 3.63) is 59.1 Å². The molecule has 2 rings (SSSR count). The van der Waals surface area contributed by atoms with Crippen molar-refractivity contribution in [2.45, 2.75) is 19.8 Å². The molecule has 0 fully saturated rings. The highest BCUT2D eigenvalue weighted by Crippen LogP contribution is 2.25. The SMILES string of the molecule is CC(C)c1ccccc1OCCNC(=O)Nc1ccccc1Cl. The maximum atomic E-state index is 11.8. The van der Waals surface area contributed by atoms with E-state index in [1.165, 1.54) is 0 Å². The molecule has 0 saturated carbocycles. The van der Waals surface area contributed by atoms with Crippen LogP contribution < -0.4 is 15.4 Å². The van der Waals surface area contributed by atoms with Crippen molar-refractivity contribution in [2.24, 2.45) is 0 Å². The molecule has 0 bridgehead atoms. The minimum Gasteiger partial charge on any atom is -0.491 e. The molecule has 0 radical (unpaired) electrons. The van der Waals surface area contributed by atoms with Crippen molar-refractivity contribution in [2.75, 3.05) is 18.5 Å². The molecule has 5 heteroatoms. The van der Waals surface area contributed by atoms with Gasteiger partial charge in [0, 0.05) is 0 Å². The molecular weight excluding hydrogens is 312 g/mol. The normalized spacial score (nSPS) is 10.4. The number of urea groups is 1. The van der Waals surface area contributed by atoms with E-state index >= 15 is 0 Å². The number of ether oxygens (including phenoxy) is 1. The van der Waals surface area contributed by atoms with Crippen molar-refractivity contribution in [3.8, 4) is 5.75 Å². The topological polar surface area (TPSA) is 50.4 Å². The zero-order chi connectivity index (χ0) is 16.7. The third kappa shape index (κ3) is 5.18. The van der Waals surface area contributed by atoms with Gasteiger partial charge < -0.3 is 15.4 Å². The fourth-order valence-corrected chi connectivity index (χ4v) is 2.33. The molecule has 0 aliphatic rings. The molecule has 2 aromatic rings. The van der Waals surface area contributed by atoms with Crippen LogP contribution in [-0.2, 0) is 0 Å². The summed E-state index contributed by atoms with van der Waals surface area (Å²) in [6, 6.07) is 14.7. The van der Waals surface area contributed by atoms with Gasteiger partial charge in [-0.25, -0.2) is 4.79 Å². The zero-order valence-electron chi connectivity index (χ0n) is 13.3. The lowest BCUT2D eigenvalue weighted by molar-refractivity contribution is 0.247. The van der Waals surface area contributed by atoms with E-state index in [1.807, 2.05) is 30.3 Å². The first kappa shape index (κ1) is 17.2. The zero-order valence-corrected chi connectivity index (χ0v) is 14.1. The average Bonchev–Trinajstić information content (AvgIpc) is 2.54. The number of benzene rings is 2. The molecule has 4 nitrogen and oxygen atoms in total. The van der Waals surface area contributed by atoms with Crippen LogP contribution in [0, 0.1) is 0 Å². The van der Waals surface area contributed by atoms with Crippen molar-refractivity contribution in [1.29, 1.82) is 0 Å². The van der Waals surface area contributed by atoms with Gasteiger partial charge in [-0.15, -0.1) is 0 Å². The van der Waals surface area contributed by atoms with Gasteiger partial charge >= 0.3 is 6.03 Å². The Balaban J connectivity index is 1.78. The lowest BCUT2D eigenvalue weighted by atomic mass is 10.0. The van der Waals surface area contributed by atoms with Gasteiger partial charge in [-0.05, 0) is 29.7 Å². The first-order valence-electron chi connectivity index (χ1n) is 7.59. The largest absolute Gasteiger partial charge is 0.491 e. The summed E-state index contributed by atoms with van der Waals surface area (Å²) in [5.41, 5.74) is 1.74. The van der Waals surface area contributed by atoms with Crippen LogP contribution >= 0.6 is 11.6 Å². The number of rotatable bonds is 6. The molecule has 0 aliphatic carbocycles. The number of para-hydroxylation sites is 2. The van der Waals surface area contributed by atoms with E-state index < -0.39 is 0 Å². The molecule has 0 aliphatic heterocycles. The van der Waals surface area contributed by atoms with Crippen LogP contribution in [0.5, 0.6) is 5.75 Å². The maximum Gasteiger partial charge on any atom is 0.319 e. The summed E-state index contributed by atoms with van der Waals surface area (Å²) in [7, 11) is 0. The molecule has 0 aromatic heterocycles. The summed E-state index contributed by atoms with van der Waals surface area (Å²) in [6.07, 6.45) is 0. The number of anilines is 1. The van der Waals surface area contributed by atoms with Gasteiger partial charge in [0.05, 0.1) is 17.3 Å². The van der Waals surface area contributed by atoms with Gasteiger partial charge in [0.1, 0.15) is 12.4 Å². The minimum absolute atomic E-state index is 0.307. The Labute approximate surface area is 141 Å². The summed E-state index contributed by atoms with van der Waals surface area (Å²) in [6.45, 7) is 5.05. The molecule has 122 valence electrons. The second-order valence-corrected chi connectivity index (χ2v) is 5.81. The summed E-state index contributed by atoms with van der Waals surface area (Å²) in [5, 5.41) is 5.95. The lowest BCUT2D eigenvalue weighted by Gasteiger charge is -2.14. The van der Waals surface area contributed by atoms with Gasteiger partial charge in [-0.3, -0.25) is 0 Å². The quantitative estimate of drug-likeness (QED) is 0.755. The summed E-state index contributed by atoms with van der Waals surface area (Å²) in [5.74, 6) is 1.25. The first-order valence-corrected chi connectivity index (χ1v) is 7.97. The maximum absolute atomic E-state index is 11.8. The summed E-state index contributed by atoms with van der Waals surface area (Å²) < 4.78 is 5.75. The van der Waals surface area contributed by atoms with E-state index in [2.05, 4.69) is 30.5 Å². The van der Waals surface area contributed by atoms with Crippen LogP contribution in [0.1, 0.15) is 25.3 Å². The van der Waals surface area contributed by atoms with E-state index in [4.69, 9.17) is 16.3 Å². The Kier molecular flexibility index (Phi) is 6.29. The average molecular weight is 333 g/mol. The second-order valence-electron chi connectivity index (χ2n) is 5.40. The van der Waals surface area contributed by atoms with E-state index in [0.717, 1.165) is 11.3 Å². The van der Waals surface area contributed by atoms with E-state index in [0.29, 0.717) is 29.8 Å². The number of carbonyl (C=O) groups excluding carboxylic acids is 1. The van der Waals surface area contributed by atoms with Crippen LogP contribution in [0.2, 0.25) is 5.02 Å². The Hall–Kier alpha value is -2.20. The van der Waals surface area contributed by atoms with E-state index in [1.54, 1.807) is 12.1 Å². The highest BCUT2D eigenvalue weighted by Gasteiger charge is 2.07. The van der Waals surface area contributed by atoms with Gasteiger partial charge in [-0.2, -0.15) is 0 Å². The molecule has 0 atom stereocenters. The van der Waals surface area contributed by atoms with Gasteiger partial charge in [0.15, 0.2) is 0 Å². The fraction of sp³-hybridized carbons (Fsp3) is 0.278. The van der Waals surface area contributed by atoms with Gasteiger partial charge in [0.2, 0.25) is 0 Å². The molecule has 0 spiro atoms. The molecule has 2 aromatic carbocycles. The molecule has 2 amide bonds. The number of hydrogen-bond donors (Lipinski definition) is 2. The second kappa shape index (κ2) is 8.44. The molecule has 23 heavy (non-hydrogen) atoms. The highest BCUT2D eigenvalue weighted by atomic mass is 35.5. The molecule has 0 heterocycles. The molecule has 2 N–H and O–H groups in total. The van der Waals surface area contributed by atoms with E-state index in [9.17, 15) is 4.79 Å². The van der Waals surface area contributed by atoms with Crippen molar-refractivity contribution >= 4 is 23.3 Å².